The highest BCUT2D eigenvalue weighted by molar-refractivity contribution is 6.30. The maximum absolute atomic E-state index is 6.23. The molecule has 1 aromatic carbocycles. The Morgan fingerprint density at radius 1 is 1.27 bits per heavy atom. The summed E-state index contributed by atoms with van der Waals surface area (Å²) < 4.78 is 16.6. The molecule has 0 N–H and O–H groups in total. The molecule has 2 aliphatic heterocycles. The molecule has 4 nitrogen and oxygen atoms in total. The fourth-order valence-corrected chi connectivity index (χ4v) is 3.50. The summed E-state index contributed by atoms with van der Waals surface area (Å²) in [6.07, 6.45) is 3.49. The van der Waals surface area contributed by atoms with Crippen LogP contribution in [0.25, 0.3) is 0 Å². The number of ether oxygens (including phenoxy) is 3. The van der Waals surface area contributed by atoms with Gasteiger partial charge in [-0.05, 0) is 30.5 Å². The lowest BCUT2D eigenvalue weighted by atomic mass is 10.0. The molecule has 1 aromatic rings. The Bertz CT molecular complexity index is 501. The van der Waals surface area contributed by atoms with Crippen molar-refractivity contribution in [2.75, 3.05) is 40.0 Å². The molecule has 3 rings (SSSR count). The molecule has 0 amide bonds. The smallest absolute Gasteiger partial charge is 0.127 e. The summed E-state index contributed by atoms with van der Waals surface area (Å²) in [6, 6.07) is 4.08. The molecule has 0 atom stereocenters. The number of likely N-dealkylation sites (tertiary alicyclic amines) is 1. The highest BCUT2D eigenvalue weighted by Gasteiger charge is 2.23. The molecule has 2 heterocycles. The highest BCUT2D eigenvalue weighted by Crippen LogP contribution is 2.34. The molecular formula is C17H24ClNO3. The van der Waals surface area contributed by atoms with Crippen molar-refractivity contribution < 1.29 is 14.2 Å². The van der Waals surface area contributed by atoms with Gasteiger partial charge in [0.05, 0.1) is 25.9 Å². The van der Waals surface area contributed by atoms with Crippen LogP contribution in [0.3, 0.4) is 0 Å². The van der Waals surface area contributed by atoms with Gasteiger partial charge >= 0.3 is 0 Å². The molecule has 0 unspecified atom stereocenters. The topological polar surface area (TPSA) is 30.9 Å². The van der Waals surface area contributed by atoms with E-state index in [4.69, 9.17) is 25.8 Å². The summed E-state index contributed by atoms with van der Waals surface area (Å²) in [6.45, 7) is 5.16. The molecular weight excluding hydrogens is 302 g/mol. The lowest BCUT2D eigenvalue weighted by Gasteiger charge is -2.32. The summed E-state index contributed by atoms with van der Waals surface area (Å²) in [7, 11) is 1.71. The van der Waals surface area contributed by atoms with Crippen LogP contribution < -0.4 is 4.74 Å². The van der Waals surface area contributed by atoms with Crippen LogP contribution in [-0.4, -0.2) is 51.0 Å². The predicted molar refractivity (Wildman–Crippen MR) is 86.8 cm³/mol. The number of nitrogens with zero attached hydrogens (tertiary/aromatic N) is 1. The van der Waals surface area contributed by atoms with Crippen molar-refractivity contribution >= 4 is 11.6 Å². The number of methoxy groups -OCH3 is 1. The SMILES string of the molecule is COCCOC1CCN(Cc2cc(Cl)cc3c2OCC3)CC1. The van der Waals surface area contributed by atoms with E-state index in [9.17, 15) is 0 Å². The zero-order valence-electron chi connectivity index (χ0n) is 13.1. The van der Waals surface area contributed by atoms with Crippen LogP contribution in [0.2, 0.25) is 5.02 Å². The fraction of sp³-hybridized carbons (Fsp3) is 0.647. The number of rotatable bonds is 6. The molecule has 5 heteroatoms. The minimum Gasteiger partial charge on any atom is -0.493 e. The molecule has 122 valence electrons. The first-order chi connectivity index (χ1) is 10.8. The van der Waals surface area contributed by atoms with Crippen LogP contribution in [0, 0.1) is 0 Å². The van der Waals surface area contributed by atoms with E-state index in [2.05, 4.69) is 4.90 Å². The van der Waals surface area contributed by atoms with Crippen molar-refractivity contribution in [3.05, 3.63) is 28.3 Å². The number of piperidine rings is 1. The minimum atomic E-state index is 0.368. The van der Waals surface area contributed by atoms with E-state index in [1.54, 1.807) is 7.11 Å². The van der Waals surface area contributed by atoms with E-state index >= 15 is 0 Å². The van der Waals surface area contributed by atoms with Gasteiger partial charge in [0, 0.05) is 43.8 Å². The van der Waals surface area contributed by atoms with E-state index in [1.165, 1.54) is 11.1 Å². The Morgan fingerprint density at radius 2 is 2.09 bits per heavy atom. The van der Waals surface area contributed by atoms with Crippen molar-refractivity contribution in [1.82, 2.24) is 4.90 Å². The Balaban J connectivity index is 1.53. The lowest BCUT2D eigenvalue weighted by molar-refractivity contribution is -0.0158. The maximum Gasteiger partial charge on any atom is 0.127 e. The first kappa shape index (κ1) is 16.1. The van der Waals surface area contributed by atoms with E-state index in [1.807, 2.05) is 12.1 Å². The third kappa shape index (κ3) is 3.93. The third-order valence-electron chi connectivity index (χ3n) is 4.39. The second-order valence-corrected chi connectivity index (χ2v) is 6.43. The Kier molecular flexibility index (Phi) is 5.58. The van der Waals surface area contributed by atoms with Crippen LogP contribution >= 0.6 is 11.6 Å². The quantitative estimate of drug-likeness (QED) is 0.753. The van der Waals surface area contributed by atoms with Crippen LogP contribution in [0.15, 0.2) is 12.1 Å². The van der Waals surface area contributed by atoms with Crippen LogP contribution in [0.5, 0.6) is 5.75 Å². The van der Waals surface area contributed by atoms with E-state index in [0.717, 1.165) is 56.3 Å². The summed E-state index contributed by atoms with van der Waals surface area (Å²) in [5.74, 6) is 1.06. The van der Waals surface area contributed by atoms with E-state index in [-0.39, 0.29) is 0 Å². The van der Waals surface area contributed by atoms with Gasteiger partial charge in [-0.25, -0.2) is 0 Å². The summed E-state index contributed by atoms with van der Waals surface area (Å²) >= 11 is 6.23. The van der Waals surface area contributed by atoms with Crippen molar-refractivity contribution in [3.8, 4) is 5.75 Å². The molecule has 0 aromatic heterocycles. The third-order valence-corrected chi connectivity index (χ3v) is 4.61. The minimum absolute atomic E-state index is 0.368. The summed E-state index contributed by atoms with van der Waals surface area (Å²) in [5.41, 5.74) is 2.47. The summed E-state index contributed by atoms with van der Waals surface area (Å²) in [4.78, 5) is 2.46. The first-order valence-corrected chi connectivity index (χ1v) is 8.41. The predicted octanol–water partition coefficient (Wildman–Crippen LogP) is 2.90. The van der Waals surface area contributed by atoms with Crippen LogP contribution in [-0.2, 0) is 22.4 Å². The molecule has 0 aliphatic carbocycles. The number of hydrogen-bond acceptors (Lipinski definition) is 4. The Hall–Kier alpha value is -0.810. The largest absolute Gasteiger partial charge is 0.493 e. The van der Waals surface area contributed by atoms with E-state index in [0.29, 0.717) is 19.3 Å². The maximum atomic E-state index is 6.23. The van der Waals surface area contributed by atoms with Gasteiger partial charge in [0.2, 0.25) is 0 Å². The average molecular weight is 326 g/mol. The molecule has 1 fully saturated rings. The van der Waals surface area contributed by atoms with Crippen molar-refractivity contribution in [1.29, 1.82) is 0 Å². The fourth-order valence-electron chi connectivity index (χ4n) is 3.24. The van der Waals surface area contributed by atoms with Gasteiger partial charge in [-0.2, -0.15) is 0 Å². The van der Waals surface area contributed by atoms with Gasteiger partial charge in [-0.1, -0.05) is 11.6 Å². The first-order valence-electron chi connectivity index (χ1n) is 8.03. The molecule has 0 radical (unpaired) electrons. The van der Waals surface area contributed by atoms with Gasteiger partial charge < -0.3 is 14.2 Å². The Labute approximate surface area is 137 Å². The number of hydrogen-bond donors (Lipinski definition) is 0. The second kappa shape index (κ2) is 7.64. The normalized spacial score (nSPS) is 19.2. The number of benzene rings is 1. The molecule has 22 heavy (non-hydrogen) atoms. The van der Waals surface area contributed by atoms with E-state index < -0.39 is 0 Å². The summed E-state index contributed by atoms with van der Waals surface area (Å²) in [5, 5.41) is 0.817. The Morgan fingerprint density at radius 3 is 2.86 bits per heavy atom. The molecule has 0 bridgehead atoms. The van der Waals surface area contributed by atoms with Crippen molar-refractivity contribution in [2.45, 2.75) is 31.9 Å². The average Bonchev–Trinajstić information content (AvgIpc) is 2.97. The highest BCUT2D eigenvalue weighted by atomic mass is 35.5. The van der Waals surface area contributed by atoms with Crippen molar-refractivity contribution in [3.63, 3.8) is 0 Å². The number of fused-ring (bicyclic) bond motifs is 1. The van der Waals surface area contributed by atoms with Crippen LogP contribution in [0.4, 0.5) is 0 Å². The molecule has 0 spiro atoms. The molecule has 1 saturated heterocycles. The second-order valence-electron chi connectivity index (χ2n) is 5.99. The molecule has 2 aliphatic rings. The van der Waals surface area contributed by atoms with Gasteiger partial charge in [0.25, 0.3) is 0 Å². The molecule has 0 saturated carbocycles. The van der Waals surface area contributed by atoms with Gasteiger partial charge in [-0.15, -0.1) is 0 Å². The van der Waals surface area contributed by atoms with Crippen molar-refractivity contribution in [2.24, 2.45) is 0 Å². The van der Waals surface area contributed by atoms with Crippen LogP contribution in [0.1, 0.15) is 24.0 Å². The number of halogens is 1. The zero-order chi connectivity index (χ0) is 15.4. The lowest BCUT2D eigenvalue weighted by Crippen LogP contribution is -2.37. The standard InChI is InChI=1S/C17H24ClNO3/c1-20-8-9-21-16-2-5-19(6-3-16)12-14-11-15(18)10-13-4-7-22-17(13)14/h10-11,16H,2-9,12H2,1H3. The van der Waals surface area contributed by atoms with Gasteiger partial charge in [0.1, 0.15) is 5.75 Å². The zero-order valence-corrected chi connectivity index (χ0v) is 13.9. The van der Waals surface area contributed by atoms with Gasteiger partial charge in [0.15, 0.2) is 0 Å². The monoisotopic (exact) mass is 325 g/mol. The van der Waals surface area contributed by atoms with Gasteiger partial charge in [-0.3, -0.25) is 4.90 Å².